The van der Waals surface area contributed by atoms with Crippen molar-refractivity contribution in [2.45, 2.75) is 17.1 Å². The van der Waals surface area contributed by atoms with E-state index in [0.29, 0.717) is 18.7 Å². The predicted octanol–water partition coefficient (Wildman–Crippen LogP) is 3.85. The summed E-state index contributed by atoms with van der Waals surface area (Å²) >= 11 is 1.03. The second-order valence-corrected chi connectivity index (χ2v) is 10.2. The lowest BCUT2D eigenvalue weighted by atomic mass is 10.2. The fourth-order valence-electron chi connectivity index (χ4n) is 3.42. The highest BCUT2D eigenvalue weighted by molar-refractivity contribution is 7.94. The van der Waals surface area contributed by atoms with Gasteiger partial charge in [0.15, 0.2) is 0 Å². The monoisotopic (exact) mass is 473 g/mol. The molecule has 0 saturated carbocycles. The predicted molar refractivity (Wildman–Crippen MR) is 122 cm³/mol. The Hall–Kier alpha value is -3.24. The molecule has 1 N–H and O–H groups in total. The van der Waals surface area contributed by atoms with Crippen LogP contribution in [0.25, 0.3) is 0 Å². The first-order valence-electron chi connectivity index (χ1n) is 9.87. The summed E-state index contributed by atoms with van der Waals surface area (Å²) in [6.45, 7) is 0.177. The van der Waals surface area contributed by atoms with Gasteiger partial charge in [0.25, 0.3) is 10.0 Å². The average Bonchev–Trinajstić information content (AvgIpc) is 3.46. The molecule has 0 aliphatic carbocycles. The van der Waals surface area contributed by atoms with Crippen molar-refractivity contribution in [3.8, 4) is 0 Å². The van der Waals surface area contributed by atoms with E-state index in [1.54, 1.807) is 40.6 Å². The molecule has 2 amide bonds. The number of sulfonamides is 1. The highest BCUT2D eigenvalue weighted by atomic mass is 32.2. The van der Waals surface area contributed by atoms with E-state index in [2.05, 4.69) is 5.32 Å². The summed E-state index contributed by atoms with van der Waals surface area (Å²) in [5.41, 5.74) is 1.40. The van der Waals surface area contributed by atoms with Crippen LogP contribution in [0.5, 0.6) is 0 Å². The molecule has 1 saturated heterocycles. The smallest absolute Gasteiger partial charge is 0.274 e. The van der Waals surface area contributed by atoms with Crippen molar-refractivity contribution < 1.29 is 22.4 Å². The van der Waals surface area contributed by atoms with E-state index in [1.807, 2.05) is 0 Å². The minimum absolute atomic E-state index is 0.0653. The van der Waals surface area contributed by atoms with Crippen LogP contribution in [-0.2, 0) is 19.6 Å². The van der Waals surface area contributed by atoms with Gasteiger partial charge < -0.3 is 10.2 Å². The zero-order valence-corrected chi connectivity index (χ0v) is 18.5. The Morgan fingerprint density at radius 3 is 2.41 bits per heavy atom. The fraction of sp³-hybridized carbons (Fsp3) is 0.182. The van der Waals surface area contributed by atoms with Crippen LogP contribution >= 0.6 is 11.3 Å². The van der Waals surface area contributed by atoms with Gasteiger partial charge in [0.05, 0.1) is 5.69 Å². The molecule has 3 aromatic rings. The Morgan fingerprint density at radius 2 is 1.81 bits per heavy atom. The number of benzene rings is 2. The van der Waals surface area contributed by atoms with Crippen LogP contribution in [0.15, 0.2) is 70.3 Å². The molecule has 2 aromatic carbocycles. The van der Waals surface area contributed by atoms with Gasteiger partial charge in [0.1, 0.15) is 16.6 Å². The number of anilines is 3. The lowest BCUT2D eigenvalue weighted by Gasteiger charge is -2.23. The van der Waals surface area contributed by atoms with Gasteiger partial charge in [0.2, 0.25) is 11.8 Å². The summed E-state index contributed by atoms with van der Waals surface area (Å²) < 4.78 is 40.6. The number of nitrogens with zero attached hydrogens (tertiary/aromatic N) is 2. The zero-order valence-electron chi connectivity index (χ0n) is 16.9. The first-order valence-corrected chi connectivity index (χ1v) is 12.2. The van der Waals surface area contributed by atoms with Crippen molar-refractivity contribution in [2.75, 3.05) is 27.6 Å². The first-order chi connectivity index (χ1) is 15.3. The molecule has 2 heterocycles. The van der Waals surface area contributed by atoms with Gasteiger partial charge >= 0.3 is 0 Å². The van der Waals surface area contributed by atoms with Crippen LogP contribution in [0.3, 0.4) is 0 Å². The topological polar surface area (TPSA) is 86.8 Å². The Kier molecular flexibility index (Phi) is 6.24. The van der Waals surface area contributed by atoms with E-state index in [4.69, 9.17) is 0 Å². The highest BCUT2D eigenvalue weighted by Crippen LogP contribution is 2.27. The summed E-state index contributed by atoms with van der Waals surface area (Å²) in [7, 11) is -4.01. The molecule has 166 valence electrons. The van der Waals surface area contributed by atoms with Gasteiger partial charge in [-0.1, -0.05) is 6.07 Å². The van der Waals surface area contributed by atoms with Crippen LogP contribution in [0.2, 0.25) is 0 Å². The number of carbonyl (C=O) groups excluding carboxylic acids is 2. The molecule has 7 nitrogen and oxygen atoms in total. The Balaban J connectivity index is 1.52. The zero-order chi connectivity index (χ0) is 22.7. The lowest BCUT2D eigenvalue weighted by Crippen LogP contribution is -2.37. The highest BCUT2D eigenvalue weighted by Gasteiger charge is 2.28. The van der Waals surface area contributed by atoms with Crippen LogP contribution in [0, 0.1) is 5.82 Å². The molecule has 1 aromatic heterocycles. The van der Waals surface area contributed by atoms with Crippen LogP contribution in [0.4, 0.5) is 21.5 Å². The fourth-order valence-corrected chi connectivity index (χ4v) is 5.94. The molecule has 4 rings (SSSR count). The number of hydrogen-bond acceptors (Lipinski definition) is 5. The molecular weight excluding hydrogens is 453 g/mol. The molecule has 1 aliphatic heterocycles. The number of hydrogen-bond donors (Lipinski definition) is 1. The minimum atomic E-state index is -4.01. The molecule has 10 heteroatoms. The molecule has 0 bridgehead atoms. The Morgan fingerprint density at radius 1 is 1.09 bits per heavy atom. The van der Waals surface area contributed by atoms with Crippen molar-refractivity contribution >= 4 is 50.2 Å². The maximum Gasteiger partial charge on any atom is 0.274 e. The number of rotatable bonds is 7. The van der Waals surface area contributed by atoms with Gasteiger partial charge in [-0.2, -0.15) is 0 Å². The summed E-state index contributed by atoms with van der Waals surface area (Å²) in [6, 6.07) is 14.8. The van der Waals surface area contributed by atoms with Crippen molar-refractivity contribution in [1.29, 1.82) is 0 Å². The standard InChI is InChI=1S/C22H20FN3O4S2/c23-16-5-9-19(10-6-16)26(32(29,30)22-4-2-14-31-22)15-20(27)24-17-7-11-18(12-8-17)25-13-1-3-21(25)28/h2,4-12,14H,1,3,13,15H2,(H,24,27). The maximum atomic E-state index is 13.4. The van der Waals surface area contributed by atoms with E-state index in [1.165, 1.54) is 18.2 Å². The summed E-state index contributed by atoms with van der Waals surface area (Å²) in [6.07, 6.45) is 1.34. The van der Waals surface area contributed by atoms with Crippen molar-refractivity contribution in [2.24, 2.45) is 0 Å². The third kappa shape index (κ3) is 4.66. The van der Waals surface area contributed by atoms with Gasteiger partial charge in [-0.15, -0.1) is 11.3 Å². The molecule has 0 spiro atoms. The molecule has 0 unspecified atom stereocenters. The van der Waals surface area contributed by atoms with Crippen LogP contribution in [-0.4, -0.2) is 33.3 Å². The SMILES string of the molecule is O=C(CN(c1ccc(F)cc1)S(=O)(=O)c1cccs1)Nc1ccc(N2CCCC2=O)cc1. The summed E-state index contributed by atoms with van der Waals surface area (Å²) in [4.78, 5) is 26.3. The van der Waals surface area contributed by atoms with Gasteiger partial charge in [-0.25, -0.2) is 12.8 Å². The molecular formula is C22H20FN3O4S2. The first kappa shape index (κ1) is 22.0. The second-order valence-electron chi connectivity index (χ2n) is 7.16. The van der Waals surface area contributed by atoms with Crippen molar-refractivity contribution in [3.05, 3.63) is 71.9 Å². The molecule has 1 aliphatic rings. The van der Waals surface area contributed by atoms with E-state index in [0.717, 1.165) is 39.9 Å². The minimum Gasteiger partial charge on any atom is -0.325 e. The van der Waals surface area contributed by atoms with E-state index in [9.17, 15) is 22.4 Å². The van der Waals surface area contributed by atoms with Crippen LogP contribution < -0.4 is 14.5 Å². The molecule has 0 atom stereocenters. The second kappa shape index (κ2) is 9.09. The quantitative estimate of drug-likeness (QED) is 0.565. The summed E-state index contributed by atoms with van der Waals surface area (Å²) in [5, 5.41) is 4.31. The molecule has 0 radical (unpaired) electrons. The third-order valence-corrected chi connectivity index (χ3v) is 8.12. The Labute approximate surface area is 189 Å². The van der Waals surface area contributed by atoms with Crippen molar-refractivity contribution in [1.82, 2.24) is 0 Å². The number of carbonyl (C=O) groups is 2. The van der Waals surface area contributed by atoms with E-state index in [-0.39, 0.29) is 15.8 Å². The summed E-state index contributed by atoms with van der Waals surface area (Å²) in [5.74, 6) is -1.00. The number of thiophene rings is 1. The number of halogens is 1. The van der Waals surface area contributed by atoms with Crippen LogP contribution in [0.1, 0.15) is 12.8 Å². The molecule has 1 fully saturated rings. The average molecular weight is 474 g/mol. The van der Waals surface area contributed by atoms with Crippen molar-refractivity contribution in [3.63, 3.8) is 0 Å². The Bertz CT molecular complexity index is 1210. The number of nitrogens with one attached hydrogen (secondary N) is 1. The van der Waals surface area contributed by atoms with E-state index >= 15 is 0 Å². The van der Waals surface area contributed by atoms with Gasteiger partial charge in [0, 0.05) is 24.3 Å². The van der Waals surface area contributed by atoms with E-state index < -0.39 is 28.3 Å². The van der Waals surface area contributed by atoms with Gasteiger partial charge in [-0.3, -0.25) is 13.9 Å². The maximum absolute atomic E-state index is 13.4. The largest absolute Gasteiger partial charge is 0.325 e. The van der Waals surface area contributed by atoms with Gasteiger partial charge in [-0.05, 0) is 66.4 Å². The molecule has 32 heavy (non-hydrogen) atoms. The number of amides is 2. The third-order valence-electron chi connectivity index (χ3n) is 4.98. The lowest BCUT2D eigenvalue weighted by molar-refractivity contribution is -0.117. The normalized spacial score (nSPS) is 13.9.